The fourth-order valence-corrected chi connectivity index (χ4v) is 1.47. The van der Waals surface area contributed by atoms with E-state index in [-0.39, 0.29) is 0 Å². The number of methoxy groups -OCH3 is 1. The summed E-state index contributed by atoms with van der Waals surface area (Å²) in [6, 6.07) is 3.74. The molecule has 0 aliphatic heterocycles. The molecule has 2 heterocycles. The number of pyridine rings is 1. The molecule has 0 aliphatic carbocycles. The Balaban J connectivity index is 2.33. The van der Waals surface area contributed by atoms with Gasteiger partial charge in [0.2, 0.25) is 5.88 Å². The molecule has 0 fully saturated rings. The molecule has 0 amide bonds. The Hall–Kier alpha value is -1.42. The second-order valence-electron chi connectivity index (χ2n) is 2.41. The zero-order valence-corrected chi connectivity index (χ0v) is 7.84. The number of nitrogens with zero attached hydrogens (tertiary/aromatic N) is 2. The van der Waals surface area contributed by atoms with Crippen LogP contribution in [0.1, 0.15) is 0 Å². The zero-order chi connectivity index (χ0) is 9.10. The van der Waals surface area contributed by atoms with E-state index in [9.17, 15) is 0 Å². The largest absolute Gasteiger partial charge is 0.481 e. The highest BCUT2D eigenvalue weighted by Gasteiger charge is 2.00. The van der Waals surface area contributed by atoms with Crippen LogP contribution in [0.4, 0.5) is 0 Å². The first kappa shape index (κ1) is 8.19. The van der Waals surface area contributed by atoms with Gasteiger partial charge in [-0.1, -0.05) is 0 Å². The SMILES string of the molecule is COc1ccc(-c2cs[c]n2)cn1. The van der Waals surface area contributed by atoms with E-state index in [2.05, 4.69) is 15.5 Å². The van der Waals surface area contributed by atoms with Gasteiger partial charge in [-0.25, -0.2) is 9.97 Å². The van der Waals surface area contributed by atoms with Crippen molar-refractivity contribution in [3.8, 4) is 17.1 Å². The normalized spacial score (nSPS) is 9.92. The molecule has 4 heteroatoms. The Morgan fingerprint density at radius 3 is 2.92 bits per heavy atom. The van der Waals surface area contributed by atoms with Gasteiger partial charge in [-0.3, -0.25) is 0 Å². The Bertz CT molecular complexity index is 369. The van der Waals surface area contributed by atoms with E-state index in [0.29, 0.717) is 5.88 Å². The van der Waals surface area contributed by atoms with Crippen LogP contribution in [0, 0.1) is 5.51 Å². The first-order chi connectivity index (χ1) is 6.40. The fraction of sp³-hybridized carbons (Fsp3) is 0.111. The summed E-state index contributed by atoms with van der Waals surface area (Å²) in [6.45, 7) is 0. The minimum atomic E-state index is 0.614. The summed E-state index contributed by atoms with van der Waals surface area (Å²) in [7, 11) is 1.60. The van der Waals surface area contributed by atoms with Gasteiger partial charge in [0.1, 0.15) is 0 Å². The van der Waals surface area contributed by atoms with Crippen LogP contribution in [-0.2, 0) is 0 Å². The molecule has 2 rings (SSSR count). The standard InChI is InChI=1S/C9H7N2OS/c1-12-9-3-2-7(4-10-9)8-5-13-6-11-8/h2-5H,1H3. The molecule has 0 N–H and O–H groups in total. The first-order valence-corrected chi connectivity index (χ1v) is 4.60. The molecule has 2 aromatic rings. The third-order valence-electron chi connectivity index (χ3n) is 1.63. The van der Waals surface area contributed by atoms with Crippen molar-refractivity contribution in [1.29, 1.82) is 0 Å². The first-order valence-electron chi connectivity index (χ1n) is 3.72. The van der Waals surface area contributed by atoms with Crippen molar-refractivity contribution in [2.45, 2.75) is 0 Å². The lowest BCUT2D eigenvalue weighted by atomic mass is 10.2. The van der Waals surface area contributed by atoms with Gasteiger partial charge in [0, 0.05) is 23.2 Å². The Kier molecular flexibility index (Phi) is 2.23. The number of rotatable bonds is 2. The van der Waals surface area contributed by atoms with E-state index in [0.717, 1.165) is 11.3 Å². The molecule has 0 bridgehead atoms. The lowest BCUT2D eigenvalue weighted by Gasteiger charge is -1.98. The van der Waals surface area contributed by atoms with Crippen LogP contribution < -0.4 is 4.74 Å². The van der Waals surface area contributed by atoms with Gasteiger partial charge < -0.3 is 4.74 Å². The Labute approximate surface area is 80.0 Å². The van der Waals surface area contributed by atoms with Crippen LogP contribution in [-0.4, -0.2) is 17.1 Å². The van der Waals surface area contributed by atoms with E-state index in [4.69, 9.17) is 4.74 Å². The minimum Gasteiger partial charge on any atom is -0.481 e. The summed E-state index contributed by atoms with van der Waals surface area (Å²) >= 11 is 1.45. The van der Waals surface area contributed by atoms with Gasteiger partial charge in [0.25, 0.3) is 0 Å². The quantitative estimate of drug-likeness (QED) is 0.728. The summed E-state index contributed by atoms with van der Waals surface area (Å²) < 4.78 is 4.95. The van der Waals surface area contributed by atoms with Gasteiger partial charge in [0.15, 0.2) is 5.51 Å². The average molecular weight is 191 g/mol. The van der Waals surface area contributed by atoms with Gasteiger partial charge in [0.05, 0.1) is 12.8 Å². The lowest BCUT2D eigenvalue weighted by molar-refractivity contribution is 0.398. The van der Waals surface area contributed by atoms with Crippen LogP contribution in [0.5, 0.6) is 5.88 Å². The van der Waals surface area contributed by atoms with Crippen LogP contribution in [0.3, 0.4) is 0 Å². The van der Waals surface area contributed by atoms with E-state index in [1.54, 1.807) is 13.3 Å². The summed E-state index contributed by atoms with van der Waals surface area (Å²) in [4.78, 5) is 8.14. The highest BCUT2D eigenvalue weighted by atomic mass is 32.1. The monoisotopic (exact) mass is 191 g/mol. The van der Waals surface area contributed by atoms with Crippen molar-refractivity contribution < 1.29 is 4.74 Å². The maximum absolute atomic E-state index is 4.95. The second kappa shape index (κ2) is 3.53. The molecule has 0 unspecified atom stereocenters. The molecule has 0 spiro atoms. The predicted molar refractivity (Wildman–Crippen MR) is 50.7 cm³/mol. The lowest BCUT2D eigenvalue weighted by Crippen LogP contribution is -1.86. The summed E-state index contributed by atoms with van der Waals surface area (Å²) in [6.07, 6.45) is 1.74. The van der Waals surface area contributed by atoms with Gasteiger partial charge in [-0.15, -0.1) is 11.3 Å². The minimum absolute atomic E-state index is 0.614. The molecule has 3 nitrogen and oxygen atoms in total. The number of aromatic nitrogens is 2. The molecule has 1 radical (unpaired) electrons. The third kappa shape index (κ3) is 1.67. The number of hydrogen-bond acceptors (Lipinski definition) is 4. The summed E-state index contributed by atoms with van der Waals surface area (Å²) in [5.41, 5.74) is 4.68. The summed E-state index contributed by atoms with van der Waals surface area (Å²) in [5, 5.41) is 1.93. The Morgan fingerprint density at radius 2 is 2.38 bits per heavy atom. The maximum atomic E-state index is 4.95. The smallest absolute Gasteiger partial charge is 0.212 e. The highest BCUT2D eigenvalue weighted by molar-refractivity contribution is 7.07. The van der Waals surface area contributed by atoms with Gasteiger partial charge >= 0.3 is 0 Å². The van der Waals surface area contributed by atoms with Crippen LogP contribution in [0.15, 0.2) is 23.7 Å². The number of thiazole rings is 1. The molecule has 0 atom stereocenters. The van der Waals surface area contributed by atoms with Crippen molar-refractivity contribution in [2.75, 3.05) is 7.11 Å². The fourth-order valence-electron chi connectivity index (χ4n) is 0.969. The predicted octanol–water partition coefficient (Wildman–Crippen LogP) is 2.01. The molecule has 0 saturated heterocycles. The van der Waals surface area contributed by atoms with Crippen LogP contribution in [0.25, 0.3) is 11.3 Å². The number of ether oxygens (including phenoxy) is 1. The molecule has 0 aliphatic rings. The number of hydrogen-bond donors (Lipinski definition) is 0. The maximum Gasteiger partial charge on any atom is 0.212 e. The van der Waals surface area contributed by atoms with Crippen molar-refractivity contribution in [3.63, 3.8) is 0 Å². The van der Waals surface area contributed by atoms with Gasteiger partial charge in [-0.05, 0) is 6.07 Å². The zero-order valence-electron chi connectivity index (χ0n) is 7.02. The molecule has 0 saturated carbocycles. The van der Waals surface area contributed by atoms with Crippen molar-refractivity contribution in [2.24, 2.45) is 0 Å². The van der Waals surface area contributed by atoms with Crippen molar-refractivity contribution in [3.05, 3.63) is 29.2 Å². The molecule has 65 valence electrons. The second-order valence-corrected chi connectivity index (χ2v) is 3.07. The van der Waals surface area contributed by atoms with Crippen molar-refractivity contribution >= 4 is 11.3 Å². The van der Waals surface area contributed by atoms with E-state index >= 15 is 0 Å². The molecule has 2 aromatic heterocycles. The summed E-state index contributed by atoms with van der Waals surface area (Å²) in [5.74, 6) is 0.614. The van der Waals surface area contributed by atoms with Crippen LogP contribution >= 0.6 is 11.3 Å². The molecular formula is C9H7N2OS. The highest BCUT2D eigenvalue weighted by Crippen LogP contribution is 2.19. The molecular weight excluding hydrogens is 184 g/mol. The van der Waals surface area contributed by atoms with E-state index in [1.165, 1.54) is 11.3 Å². The molecule has 0 aromatic carbocycles. The van der Waals surface area contributed by atoms with Gasteiger partial charge in [-0.2, -0.15) is 0 Å². The van der Waals surface area contributed by atoms with E-state index < -0.39 is 0 Å². The van der Waals surface area contributed by atoms with Crippen molar-refractivity contribution in [1.82, 2.24) is 9.97 Å². The Morgan fingerprint density at radius 1 is 1.46 bits per heavy atom. The third-order valence-corrected chi connectivity index (χ3v) is 2.17. The topological polar surface area (TPSA) is 35.0 Å². The van der Waals surface area contributed by atoms with Crippen LogP contribution in [0.2, 0.25) is 0 Å². The van der Waals surface area contributed by atoms with E-state index in [1.807, 2.05) is 17.5 Å². The average Bonchev–Trinajstić information content (AvgIpc) is 2.71. The molecule has 13 heavy (non-hydrogen) atoms.